The van der Waals surface area contributed by atoms with Gasteiger partial charge in [-0.3, -0.25) is 0 Å². The maximum Gasteiger partial charge on any atom is 0.294 e. The molecule has 6 aliphatic rings. The fourth-order valence-electron chi connectivity index (χ4n) is 6.80. The first-order valence-electron chi connectivity index (χ1n) is 20.9. The lowest BCUT2D eigenvalue weighted by Crippen LogP contribution is -2.36. The predicted molar refractivity (Wildman–Crippen MR) is 226 cm³/mol. The second kappa shape index (κ2) is 38.7. The van der Waals surface area contributed by atoms with E-state index in [0.717, 1.165) is 109 Å². The molecule has 0 bridgehead atoms. The average Bonchev–Trinajstić information content (AvgIpc) is 3.22. The Kier molecular flexibility index (Phi) is 37.9. The molecule has 6 heterocycles. The van der Waals surface area contributed by atoms with Gasteiger partial charge in [-0.05, 0) is 161 Å². The van der Waals surface area contributed by atoms with Gasteiger partial charge in [0, 0.05) is 18.6 Å². The molecule has 59 heavy (non-hydrogen) atoms. The highest BCUT2D eigenvalue weighted by atomic mass is 17.0. The zero-order valence-corrected chi connectivity index (χ0v) is 34.2. The van der Waals surface area contributed by atoms with E-state index in [2.05, 4.69) is 65.1 Å². The van der Waals surface area contributed by atoms with E-state index < -0.39 is 20.3 Å². The molecule has 0 aromatic rings. The largest absolute Gasteiger partial charge is 0.317 e. The van der Waals surface area contributed by atoms with Crippen molar-refractivity contribution >= 4 is 0 Å². The summed E-state index contributed by atoms with van der Waals surface area (Å²) in [6.07, 6.45) is 16.6. The van der Waals surface area contributed by atoms with Crippen LogP contribution in [0.5, 0.6) is 0 Å². The number of nitrogens with one attached hydrogen (secondary N) is 6. The first-order chi connectivity index (χ1) is 27.5. The minimum atomic E-state index is -0.728. The van der Waals surface area contributed by atoms with Crippen LogP contribution in [0.3, 0.4) is 0 Å². The van der Waals surface area contributed by atoms with Crippen molar-refractivity contribution in [2.24, 2.45) is 11.8 Å². The van der Waals surface area contributed by atoms with E-state index in [1.54, 1.807) is 0 Å². The third-order valence-corrected chi connectivity index (χ3v) is 10.2. The molecular weight excluding hydrogens is 776 g/mol. The molecule has 4 atom stereocenters. The van der Waals surface area contributed by atoms with E-state index >= 15 is 0 Å². The van der Waals surface area contributed by atoms with E-state index in [4.69, 9.17) is 0 Å². The van der Waals surface area contributed by atoms with E-state index in [1.165, 1.54) is 58.0 Å². The molecule has 0 aliphatic carbocycles. The van der Waals surface area contributed by atoms with Crippen molar-refractivity contribution in [3.05, 3.63) is 40.5 Å². The first kappa shape index (κ1) is 57.7. The van der Waals surface area contributed by atoms with Crippen LogP contribution in [0.4, 0.5) is 0 Å². The van der Waals surface area contributed by atoms with Crippen molar-refractivity contribution in [2.75, 3.05) is 78.7 Å². The van der Waals surface area contributed by atoms with E-state index in [1.807, 2.05) is 0 Å². The van der Waals surface area contributed by atoms with Crippen LogP contribution >= 0.6 is 0 Å². The summed E-state index contributed by atoms with van der Waals surface area (Å²) in [4.78, 5) is 56.5. The summed E-state index contributed by atoms with van der Waals surface area (Å²) in [7, 11) is 0. The van der Waals surface area contributed by atoms with Crippen LogP contribution in [-0.2, 0) is 19.4 Å². The molecule has 0 saturated carbocycles. The molecule has 6 saturated heterocycles. The number of hydrogen-bond donors (Lipinski definition) is 6. The molecule has 4 unspecified atom stereocenters. The van der Waals surface area contributed by atoms with Crippen molar-refractivity contribution < 1.29 is 39.7 Å². The second-order valence-corrected chi connectivity index (χ2v) is 14.9. The molecule has 6 aliphatic heterocycles. The number of nitrogens with zero attached hydrogens (tertiary/aromatic N) is 4. The summed E-state index contributed by atoms with van der Waals surface area (Å²) < 4.78 is 0. The van der Waals surface area contributed by atoms with E-state index in [9.17, 15) is 40.5 Å². The topological polar surface area (TPSA) is 282 Å². The quantitative estimate of drug-likeness (QED) is 0.125. The van der Waals surface area contributed by atoms with E-state index in [0.29, 0.717) is 18.4 Å². The van der Waals surface area contributed by atoms with Crippen molar-refractivity contribution in [1.29, 1.82) is 0 Å². The molecule has 0 spiro atoms. The van der Waals surface area contributed by atoms with Gasteiger partial charge in [0.05, 0.1) is 6.61 Å². The van der Waals surface area contributed by atoms with Crippen molar-refractivity contribution in [3.8, 4) is 0 Å². The Bertz CT molecular complexity index is 960. The van der Waals surface area contributed by atoms with Crippen LogP contribution in [0, 0.1) is 52.3 Å². The lowest BCUT2D eigenvalue weighted by molar-refractivity contribution is -0.769. The highest BCUT2D eigenvalue weighted by Crippen LogP contribution is 2.12. The molecule has 0 aromatic carbocycles. The Balaban J connectivity index is 0. The Morgan fingerprint density at radius 1 is 0.492 bits per heavy atom. The minimum absolute atomic E-state index is 0. The monoisotopic (exact) mass is 857 g/mol. The van der Waals surface area contributed by atoms with Gasteiger partial charge in [0.1, 0.15) is 18.8 Å². The van der Waals surface area contributed by atoms with Crippen LogP contribution in [0.15, 0.2) is 0 Å². The SMILES string of the molecule is C.C.CC1CCCCN1.CCC1CCCCN1.O=[N+]([O-])OC1CCCNC1.O=[N+]([O-])OC1CCNCC1.O=[N+]([O-])OCC1CCCNC1.O=[N+]([O-])OCC1CCNCC1. The van der Waals surface area contributed by atoms with Crippen LogP contribution in [-0.4, -0.2) is 123 Å². The first-order valence-corrected chi connectivity index (χ1v) is 20.9. The smallest absolute Gasteiger partial charge is 0.294 e. The van der Waals surface area contributed by atoms with Gasteiger partial charge in [-0.2, -0.15) is 0 Å². The molecule has 0 radical (unpaired) electrons. The number of rotatable bonds is 11. The molecule has 350 valence electrons. The Morgan fingerprint density at radius 2 is 1.00 bits per heavy atom. The summed E-state index contributed by atoms with van der Waals surface area (Å²) in [5.41, 5.74) is 0. The summed E-state index contributed by atoms with van der Waals surface area (Å²) in [6.45, 7) is 14.4. The van der Waals surface area contributed by atoms with Crippen LogP contribution in [0.1, 0.15) is 125 Å². The molecule has 6 fully saturated rings. The van der Waals surface area contributed by atoms with Crippen molar-refractivity contribution in [2.45, 2.75) is 149 Å². The predicted octanol–water partition coefficient (Wildman–Crippen LogP) is 4.24. The second-order valence-electron chi connectivity index (χ2n) is 14.9. The van der Waals surface area contributed by atoms with E-state index in [-0.39, 0.29) is 40.3 Å². The molecule has 6 N–H and O–H groups in total. The molecule has 22 nitrogen and oxygen atoms in total. The number of hydrogen-bond acceptors (Lipinski definition) is 18. The van der Waals surface area contributed by atoms with Crippen molar-refractivity contribution in [3.63, 3.8) is 0 Å². The maximum absolute atomic E-state index is 9.83. The van der Waals surface area contributed by atoms with Gasteiger partial charge in [0.15, 0.2) is 0 Å². The van der Waals surface area contributed by atoms with Gasteiger partial charge in [-0.15, -0.1) is 40.5 Å². The summed E-state index contributed by atoms with van der Waals surface area (Å²) in [5, 5.41) is 55.7. The molecule has 0 amide bonds. The number of piperidine rings is 6. The third-order valence-electron chi connectivity index (χ3n) is 10.2. The zero-order valence-electron chi connectivity index (χ0n) is 34.2. The maximum atomic E-state index is 9.83. The Labute approximate surface area is 351 Å². The zero-order chi connectivity index (χ0) is 41.9. The summed E-state index contributed by atoms with van der Waals surface area (Å²) >= 11 is 0. The molecule has 6 rings (SSSR count). The lowest BCUT2D eigenvalue weighted by Gasteiger charge is -2.21. The fourth-order valence-corrected chi connectivity index (χ4v) is 6.80. The van der Waals surface area contributed by atoms with Gasteiger partial charge in [-0.1, -0.05) is 34.6 Å². The van der Waals surface area contributed by atoms with Gasteiger partial charge in [-0.25, -0.2) is 0 Å². The van der Waals surface area contributed by atoms with Gasteiger partial charge in [0.25, 0.3) is 20.3 Å². The standard InChI is InChI=1S/C7H15N.2C6H12N2O3.C6H13N.2C5H10N2O3.2CH4/c1-2-7-5-3-4-6-8-7;9-8(10)11-5-6-1-3-7-4-2-6;9-8(10)11-5-6-2-1-3-7-4-6;1-6-4-2-3-5-7-6;8-7(9)10-5-1-3-6-4-2-5;8-7(9)10-5-2-1-3-6-4-5;;/h7-8H,2-6H2,1H3;2*6-7H,1-5H2;6-7H,2-5H2,1H3;2*5-6H,1-4H2;2*1H4. The highest BCUT2D eigenvalue weighted by molar-refractivity contribution is 4.71. The molecule has 22 heteroatoms. The molecule has 0 aromatic heterocycles. The Morgan fingerprint density at radius 3 is 1.39 bits per heavy atom. The van der Waals surface area contributed by atoms with Crippen LogP contribution < -0.4 is 31.9 Å². The average molecular weight is 857 g/mol. The van der Waals surface area contributed by atoms with Crippen LogP contribution in [0.2, 0.25) is 0 Å². The normalized spacial score (nSPS) is 24.1. The minimum Gasteiger partial charge on any atom is -0.317 e. The highest BCUT2D eigenvalue weighted by Gasteiger charge is 2.18. The lowest BCUT2D eigenvalue weighted by atomic mass is 10.00. The molecular formula is C37H80N10O12. The van der Waals surface area contributed by atoms with Gasteiger partial charge in [0.2, 0.25) is 0 Å². The summed E-state index contributed by atoms with van der Waals surface area (Å²) in [5.74, 6) is 0.677. The van der Waals surface area contributed by atoms with Gasteiger partial charge < -0.3 is 51.3 Å². The summed E-state index contributed by atoms with van der Waals surface area (Å²) in [6, 6.07) is 1.62. The van der Waals surface area contributed by atoms with Gasteiger partial charge >= 0.3 is 0 Å². The third kappa shape index (κ3) is 36.2. The van der Waals surface area contributed by atoms with Crippen molar-refractivity contribution in [1.82, 2.24) is 31.9 Å². The van der Waals surface area contributed by atoms with Crippen LogP contribution in [0.25, 0.3) is 0 Å². The fraction of sp³-hybridized carbons (Fsp3) is 1.00. The Hall–Kier alpha value is -3.44.